The third-order valence-electron chi connectivity index (χ3n) is 5.00. The summed E-state index contributed by atoms with van der Waals surface area (Å²) < 4.78 is 13.3. The molecule has 0 spiro atoms. The number of guanidine groups is 1. The molecule has 164 valence electrons. The fourth-order valence-electron chi connectivity index (χ4n) is 3.30. The molecule has 0 radical (unpaired) electrons. The zero-order valence-electron chi connectivity index (χ0n) is 17.8. The van der Waals surface area contributed by atoms with Crippen LogP contribution in [-0.2, 0) is 13.0 Å². The first-order chi connectivity index (χ1) is 14.1. The van der Waals surface area contributed by atoms with Gasteiger partial charge in [0.05, 0.1) is 6.54 Å². The Morgan fingerprint density at radius 3 is 2.63 bits per heavy atom. The molecular formula is C22H32FIN6. The SMILES string of the molecule is CCNC(=NCc1ccnc(N2CCN(C)CC2)c1)NCCc1cccc(F)c1.I. The lowest BCUT2D eigenvalue weighted by molar-refractivity contribution is 0.312. The second-order valence-corrected chi connectivity index (χ2v) is 7.31. The second-order valence-electron chi connectivity index (χ2n) is 7.31. The Morgan fingerprint density at radius 2 is 1.90 bits per heavy atom. The normalized spacial score (nSPS) is 14.9. The molecule has 0 atom stereocenters. The minimum Gasteiger partial charge on any atom is -0.357 e. The number of nitrogens with zero attached hydrogens (tertiary/aromatic N) is 4. The molecule has 1 aromatic carbocycles. The molecule has 1 aliphatic heterocycles. The van der Waals surface area contributed by atoms with E-state index in [0.29, 0.717) is 13.1 Å². The van der Waals surface area contributed by atoms with Crippen molar-refractivity contribution in [3.05, 3.63) is 59.5 Å². The average molecular weight is 526 g/mol. The van der Waals surface area contributed by atoms with Gasteiger partial charge in [-0.15, -0.1) is 24.0 Å². The summed E-state index contributed by atoms with van der Waals surface area (Å²) in [6.07, 6.45) is 2.60. The maximum absolute atomic E-state index is 13.3. The largest absolute Gasteiger partial charge is 0.357 e. The van der Waals surface area contributed by atoms with Crippen molar-refractivity contribution in [3.63, 3.8) is 0 Å². The highest BCUT2D eigenvalue weighted by Gasteiger charge is 2.15. The molecular weight excluding hydrogens is 494 g/mol. The van der Waals surface area contributed by atoms with Gasteiger partial charge in [0, 0.05) is 45.5 Å². The third-order valence-corrected chi connectivity index (χ3v) is 5.00. The predicted molar refractivity (Wildman–Crippen MR) is 132 cm³/mol. The van der Waals surface area contributed by atoms with E-state index in [1.807, 2.05) is 25.3 Å². The molecule has 1 aliphatic rings. The zero-order chi connectivity index (χ0) is 20.5. The number of hydrogen-bond donors (Lipinski definition) is 2. The van der Waals surface area contributed by atoms with Crippen LogP contribution in [-0.4, -0.2) is 62.2 Å². The number of halogens is 2. The number of piperazine rings is 1. The number of hydrogen-bond acceptors (Lipinski definition) is 4. The highest BCUT2D eigenvalue weighted by atomic mass is 127. The number of rotatable bonds is 7. The van der Waals surface area contributed by atoms with E-state index in [1.165, 1.54) is 6.07 Å². The zero-order valence-corrected chi connectivity index (χ0v) is 20.1. The van der Waals surface area contributed by atoms with Crippen molar-refractivity contribution < 1.29 is 4.39 Å². The Morgan fingerprint density at radius 1 is 1.10 bits per heavy atom. The fraction of sp³-hybridized carbons (Fsp3) is 0.455. The van der Waals surface area contributed by atoms with Crippen LogP contribution in [0.4, 0.5) is 10.2 Å². The van der Waals surface area contributed by atoms with E-state index >= 15 is 0 Å². The quantitative estimate of drug-likeness (QED) is 0.330. The van der Waals surface area contributed by atoms with Gasteiger partial charge in [0.25, 0.3) is 0 Å². The monoisotopic (exact) mass is 526 g/mol. The van der Waals surface area contributed by atoms with Crippen LogP contribution in [0.1, 0.15) is 18.1 Å². The molecule has 1 saturated heterocycles. The highest BCUT2D eigenvalue weighted by molar-refractivity contribution is 14.0. The molecule has 0 unspecified atom stereocenters. The van der Waals surface area contributed by atoms with E-state index in [9.17, 15) is 4.39 Å². The Labute approximate surface area is 196 Å². The molecule has 0 bridgehead atoms. The third kappa shape index (κ3) is 7.71. The van der Waals surface area contributed by atoms with Crippen molar-refractivity contribution in [1.82, 2.24) is 20.5 Å². The van der Waals surface area contributed by atoms with E-state index in [0.717, 1.165) is 62.0 Å². The van der Waals surface area contributed by atoms with Crippen LogP contribution in [0.2, 0.25) is 0 Å². The minimum absolute atomic E-state index is 0. The number of aliphatic imine (C=N–C) groups is 1. The molecule has 2 N–H and O–H groups in total. The Balaban J connectivity index is 0.00000320. The maximum Gasteiger partial charge on any atom is 0.191 e. The summed E-state index contributed by atoms with van der Waals surface area (Å²) >= 11 is 0. The lowest BCUT2D eigenvalue weighted by Gasteiger charge is -2.33. The molecule has 0 saturated carbocycles. The van der Waals surface area contributed by atoms with Gasteiger partial charge in [-0.3, -0.25) is 0 Å². The van der Waals surface area contributed by atoms with E-state index in [-0.39, 0.29) is 29.8 Å². The molecule has 0 amide bonds. The van der Waals surface area contributed by atoms with Gasteiger partial charge in [-0.1, -0.05) is 12.1 Å². The highest BCUT2D eigenvalue weighted by Crippen LogP contribution is 2.15. The second kappa shape index (κ2) is 12.7. The van der Waals surface area contributed by atoms with Crippen molar-refractivity contribution in [2.45, 2.75) is 19.9 Å². The van der Waals surface area contributed by atoms with Gasteiger partial charge in [0.15, 0.2) is 5.96 Å². The summed E-state index contributed by atoms with van der Waals surface area (Å²) in [6.45, 7) is 8.22. The number of likely N-dealkylation sites (N-methyl/N-ethyl adjacent to an activating group) is 1. The van der Waals surface area contributed by atoms with Crippen molar-refractivity contribution in [2.75, 3.05) is 51.2 Å². The number of pyridine rings is 1. The van der Waals surface area contributed by atoms with Crippen LogP contribution in [0.3, 0.4) is 0 Å². The number of benzene rings is 1. The fourth-order valence-corrected chi connectivity index (χ4v) is 3.30. The first-order valence-electron chi connectivity index (χ1n) is 10.3. The van der Waals surface area contributed by atoms with Crippen molar-refractivity contribution >= 4 is 35.8 Å². The summed E-state index contributed by atoms with van der Waals surface area (Å²) in [7, 11) is 2.15. The van der Waals surface area contributed by atoms with Gasteiger partial charge in [0.2, 0.25) is 0 Å². The van der Waals surface area contributed by atoms with Crippen LogP contribution in [0.5, 0.6) is 0 Å². The topological polar surface area (TPSA) is 55.8 Å². The minimum atomic E-state index is -0.197. The molecule has 30 heavy (non-hydrogen) atoms. The van der Waals surface area contributed by atoms with Crippen LogP contribution in [0.25, 0.3) is 0 Å². The maximum atomic E-state index is 13.3. The van der Waals surface area contributed by atoms with E-state index in [4.69, 9.17) is 4.99 Å². The first kappa shape index (κ1) is 24.3. The lowest BCUT2D eigenvalue weighted by Crippen LogP contribution is -2.44. The van der Waals surface area contributed by atoms with Crippen molar-refractivity contribution in [1.29, 1.82) is 0 Å². The number of anilines is 1. The molecule has 1 aromatic heterocycles. The molecule has 0 aliphatic carbocycles. The molecule has 8 heteroatoms. The van der Waals surface area contributed by atoms with Gasteiger partial charge in [-0.2, -0.15) is 0 Å². The summed E-state index contributed by atoms with van der Waals surface area (Å²) in [5.41, 5.74) is 2.11. The number of aromatic nitrogens is 1. The predicted octanol–water partition coefficient (Wildman–Crippen LogP) is 2.89. The van der Waals surface area contributed by atoms with Gasteiger partial charge >= 0.3 is 0 Å². The average Bonchev–Trinajstić information content (AvgIpc) is 2.73. The van der Waals surface area contributed by atoms with Gasteiger partial charge in [0.1, 0.15) is 11.6 Å². The van der Waals surface area contributed by atoms with E-state index < -0.39 is 0 Å². The van der Waals surface area contributed by atoms with E-state index in [1.54, 1.807) is 12.1 Å². The van der Waals surface area contributed by atoms with Gasteiger partial charge < -0.3 is 20.4 Å². The van der Waals surface area contributed by atoms with Crippen LogP contribution in [0, 0.1) is 5.82 Å². The summed E-state index contributed by atoms with van der Waals surface area (Å²) in [5.74, 6) is 1.59. The smallest absolute Gasteiger partial charge is 0.191 e. The van der Waals surface area contributed by atoms with Crippen molar-refractivity contribution in [2.24, 2.45) is 4.99 Å². The molecule has 2 aromatic rings. The standard InChI is InChI=1S/C22H31FN6.HI/c1-3-24-22(26-10-7-18-5-4-6-20(23)15-18)27-17-19-8-9-25-21(16-19)29-13-11-28(2)12-14-29;/h4-6,8-9,15-16H,3,7,10-14,17H2,1-2H3,(H2,24,26,27);1H. The van der Waals surface area contributed by atoms with Crippen LogP contribution >= 0.6 is 24.0 Å². The van der Waals surface area contributed by atoms with Crippen LogP contribution < -0.4 is 15.5 Å². The summed E-state index contributed by atoms with van der Waals surface area (Å²) in [6, 6.07) is 10.9. The van der Waals surface area contributed by atoms with E-state index in [2.05, 4.69) is 38.5 Å². The van der Waals surface area contributed by atoms with Gasteiger partial charge in [-0.05, 0) is 55.8 Å². The van der Waals surface area contributed by atoms with Crippen molar-refractivity contribution in [3.8, 4) is 0 Å². The van der Waals surface area contributed by atoms with Crippen LogP contribution in [0.15, 0.2) is 47.6 Å². The Kier molecular flexibility index (Phi) is 10.3. The molecule has 6 nitrogen and oxygen atoms in total. The molecule has 1 fully saturated rings. The summed E-state index contributed by atoms with van der Waals surface area (Å²) in [5, 5.41) is 6.59. The summed E-state index contributed by atoms with van der Waals surface area (Å²) in [4.78, 5) is 13.9. The Hall–Kier alpha value is -1.94. The molecule has 2 heterocycles. The first-order valence-corrected chi connectivity index (χ1v) is 10.3. The van der Waals surface area contributed by atoms with Gasteiger partial charge in [-0.25, -0.2) is 14.4 Å². The Bertz CT molecular complexity index is 808. The number of nitrogens with one attached hydrogen (secondary N) is 2. The molecule has 3 rings (SSSR count). The lowest BCUT2D eigenvalue weighted by atomic mass is 10.1.